The lowest BCUT2D eigenvalue weighted by Gasteiger charge is -2.11. The summed E-state index contributed by atoms with van der Waals surface area (Å²) in [6, 6.07) is 6.56. The monoisotopic (exact) mass is 218 g/mol. The molecule has 1 aliphatic carbocycles. The molecule has 0 saturated carbocycles. The molecule has 0 spiro atoms. The first-order valence-corrected chi connectivity index (χ1v) is 5.08. The molecule has 0 N–H and O–H groups in total. The molecule has 2 nitrogen and oxygen atoms in total. The lowest BCUT2D eigenvalue weighted by Crippen LogP contribution is -1.99. The van der Waals surface area contributed by atoms with E-state index in [-0.39, 0.29) is 11.6 Å². The Morgan fingerprint density at radius 1 is 1.25 bits per heavy atom. The molecule has 0 atom stereocenters. The van der Waals surface area contributed by atoms with Crippen LogP contribution in [0.2, 0.25) is 0 Å². The number of benzene rings is 1. The highest BCUT2D eigenvalue weighted by molar-refractivity contribution is 5.74. The number of carbonyl (C=O) groups is 1. The van der Waals surface area contributed by atoms with E-state index in [9.17, 15) is 9.18 Å². The van der Waals surface area contributed by atoms with E-state index in [0.29, 0.717) is 24.2 Å². The Hall–Kier alpha value is -1.90. The van der Waals surface area contributed by atoms with Crippen molar-refractivity contribution in [3.63, 3.8) is 0 Å². The Balaban J connectivity index is 2.14. The number of hydrogen-bond donors (Lipinski definition) is 0. The van der Waals surface area contributed by atoms with Gasteiger partial charge in [-0.25, -0.2) is 4.39 Å². The number of aldehydes is 1. The summed E-state index contributed by atoms with van der Waals surface area (Å²) in [7, 11) is 0. The third-order valence-electron chi connectivity index (χ3n) is 2.31. The van der Waals surface area contributed by atoms with E-state index in [2.05, 4.69) is 0 Å². The molecule has 0 amide bonds. The molecule has 1 aromatic rings. The summed E-state index contributed by atoms with van der Waals surface area (Å²) >= 11 is 0. The van der Waals surface area contributed by atoms with E-state index in [1.165, 1.54) is 0 Å². The van der Waals surface area contributed by atoms with Crippen molar-refractivity contribution in [2.75, 3.05) is 0 Å². The normalized spacial score (nSPS) is 15.1. The molecule has 0 heterocycles. The zero-order chi connectivity index (χ0) is 11.4. The summed E-state index contributed by atoms with van der Waals surface area (Å²) in [6.07, 6.45) is 5.36. The van der Waals surface area contributed by atoms with Gasteiger partial charge in [-0.2, -0.15) is 0 Å². The summed E-state index contributed by atoms with van der Waals surface area (Å²) in [5.74, 6) is 0.550. The molecule has 3 heteroatoms. The average Bonchev–Trinajstić information content (AvgIpc) is 2.33. The highest BCUT2D eigenvalue weighted by atomic mass is 19.1. The molecule has 0 bridgehead atoms. The van der Waals surface area contributed by atoms with Crippen LogP contribution < -0.4 is 4.74 Å². The van der Waals surface area contributed by atoms with Gasteiger partial charge < -0.3 is 4.74 Å². The molecule has 2 rings (SSSR count). The summed E-state index contributed by atoms with van der Waals surface area (Å²) in [5.41, 5.74) is 0.570. The second kappa shape index (κ2) is 4.75. The van der Waals surface area contributed by atoms with Crippen LogP contribution in [0, 0.1) is 0 Å². The molecule has 1 aliphatic rings. The quantitative estimate of drug-likeness (QED) is 0.727. The van der Waals surface area contributed by atoms with E-state index in [0.717, 1.165) is 6.29 Å². The molecule has 0 aromatic heterocycles. The lowest BCUT2D eigenvalue weighted by molar-refractivity contribution is 0.112. The Morgan fingerprint density at radius 2 is 2.00 bits per heavy atom. The molecule has 0 fully saturated rings. The molecule has 82 valence electrons. The van der Waals surface area contributed by atoms with Crippen molar-refractivity contribution in [2.24, 2.45) is 0 Å². The van der Waals surface area contributed by atoms with Gasteiger partial charge in [0.25, 0.3) is 0 Å². The van der Waals surface area contributed by atoms with E-state index in [1.807, 2.05) is 6.08 Å². The van der Waals surface area contributed by atoms with Crippen molar-refractivity contribution in [1.82, 2.24) is 0 Å². The first-order chi connectivity index (χ1) is 7.79. The van der Waals surface area contributed by atoms with Gasteiger partial charge in [-0.1, -0.05) is 6.08 Å². The molecule has 0 aliphatic heterocycles. The fourth-order valence-corrected chi connectivity index (χ4v) is 1.44. The Morgan fingerprint density at radius 3 is 2.62 bits per heavy atom. The molecule has 16 heavy (non-hydrogen) atoms. The highest BCUT2D eigenvalue weighted by Gasteiger charge is 2.09. The Labute approximate surface area is 93.0 Å². The van der Waals surface area contributed by atoms with Crippen LogP contribution in [0.4, 0.5) is 4.39 Å². The van der Waals surface area contributed by atoms with Crippen LogP contribution in [0.5, 0.6) is 5.75 Å². The minimum absolute atomic E-state index is 0.234. The van der Waals surface area contributed by atoms with Gasteiger partial charge in [0.2, 0.25) is 0 Å². The molecule has 0 unspecified atom stereocenters. The molecule has 0 radical (unpaired) electrons. The first-order valence-electron chi connectivity index (χ1n) is 5.08. The smallest absolute Gasteiger partial charge is 0.158 e. The van der Waals surface area contributed by atoms with Gasteiger partial charge in [0, 0.05) is 12.0 Å². The molecular formula is C13H11FO2. The second-order valence-electron chi connectivity index (χ2n) is 3.50. The third-order valence-corrected chi connectivity index (χ3v) is 2.31. The largest absolute Gasteiger partial charge is 0.455 e. The number of halogens is 1. The number of carbonyl (C=O) groups excluding carboxylic acids is 1. The van der Waals surface area contributed by atoms with E-state index < -0.39 is 0 Å². The number of allylic oxidation sites excluding steroid dienone is 3. The van der Waals surface area contributed by atoms with Crippen molar-refractivity contribution in [2.45, 2.75) is 12.8 Å². The fourth-order valence-electron chi connectivity index (χ4n) is 1.44. The summed E-state index contributed by atoms with van der Waals surface area (Å²) in [6.45, 7) is 0. The minimum atomic E-state index is -0.234. The number of hydrogen-bond acceptors (Lipinski definition) is 2. The van der Waals surface area contributed by atoms with Crippen molar-refractivity contribution in [3.8, 4) is 5.75 Å². The summed E-state index contributed by atoms with van der Waals surface area (Å²) < 4.78 is 18.7. The number of ether oxygens (including phenoxy) is 1. The predicted octanol–water partition coefficient (Wildman–Crippen LogP) is 3.41. The third kappa shape index (κ3) is 2.37. The Bertz CT molecular complexity index is 444. The second-order valence-corrected chi connectivity index (χ2v) is 3.50. The maximum Gasteiger partial charge on any atom is 0.158 e. The van der Waals surface area contributed by atoms with Gasteiger partial charge in [-0.15, -0.1) is 0 Å². The zero-order valence-corrected chi connectivity index (χ0v) is 8.65. The van der Waals surface area contributed by atoms with E-state index >= 15 is 0 Å². The van der Waals surface area contributed by atoms with E-state index in [1.54, 1.807) is 30.3 Å². The minimum Gasteiger partial charge on any atom is -0.455 e. The van der Waals surface area contributed by atoms with Crippen LogP contribution in [0.3, 0.4) is 0 Å². The zero-order valence-electron chi connectivity index (χ0n) is 8.65. The van der Waals surface area contributed by atoms with Gasteiger partial charge in [0.05, 0.1) is 0 Å². The fraction of sp³-hybridized carbons (Fsp3) is 0.154. The van der Waals surface area contributed by atoms with Gasteiger partial charge in [-0.05, 0) is 36.8 Å². The van der Waals surface area contributed by atoms with Crippen molar-refractivity contribution < 1.29 is 13.9 Å². The highest BCUT2D eigenvalue weighted by Crippen LogP contribution is 2.23. The lowest BCUT2D eigenvalue weighted by atomic mass is 10.1. The maximum absolute atomic E-state index is 13.3. The standard InChI is InChI=1S/C13H11FO2/c14-12-3-1-2-4-13(12)16-11-7-5-10(9-15)6-8-11/h2,4-9H,1,3H2. The Kier molecular flexibility index (Phi) is 3.15. The van der Waals surface area contributed by atoms with Gasteiger partial charge in [0.15, 0.2) is 5.76 Å². The topological polar surface area (TPSA) is 26.3 Å². The van der Waals surface area contributed by atoms with Crippen molar-refractivity contribution in [1.29, 1.82) is 0 Å². The van der Waals surface area contributed by atoms with Gasteiger partial charge in [0.1, 0.15) is 17.9 Å². The molecule has 0 saturated heterocycles. The van der Waals surface area contributed by atoms with Crippen LogP contribution >= 0.6 is 0 Å². The van der Waals surface area contributed by atoms with Crippen LogP contribution in [0.25, 0.3) is 0 Å². The average molecular weight is 218 g/mol. The predicted molar refractivity (Wildman–Crippen MR) is 59.0 cm³/mol. The van der Waals surface area contributed by atoms with Crippen LogP contribution in [0.1, 0.15) is 23.2 Å². The van der Waals surface area contributed by atoms with Crippen LogP contribution in [0.15, 0.2) is 48.0 Å². The summed E-state index contributed by atoms with van der Waals surface area (Å²) in [4.78, 5) is 10.4. The van der Waals surface area contributed by atoms with E-state index in [4.69, 9.17) is 4.74 Å². The SMILES string of the molecule is O=Cc1ccc(OC2=C(F)CCC=C2)cc1. The van der Waals surface area contributed by atoms with Gasteiger partial charge in [-0.3, -0.25) is 4.79 Å². The first kappa shape index (κ1) is 10.6. The molecular weight excluding hydrogens is 207 g/mol. The van der Waals surface area contributed by atoms with Crippen molar-refractivity contribution in [3.05, 3.63) is 53.6 Å². The van der Waals surface area contributed by atoms with Gasteiger partial charge >= 0.3 is 0 Å². The summed E-state index contributed by atoms with van der Waals surface area (Å²) in [5, 5.41) is 0. The maximum atomic E-state index is 13.3. The van der Waals surface area contributed by atoms with Crippen LogP contribution in [-0.4, -0.2) is 6.29 Å². The molecule has 1 aromatic carbocycles. The van der Waals surface area contributed by atoms with Crippen LogP contribution in [-0.2, 0) is 0 Å². The number of rotatable bonds is 3. The van der Waals surface area contributed by atoms with Crippen molar-refractivity contribution >= 4 is 6.29 Å².